The summed E-state index contributed by atoms with van der Waals surface area (Å²) in [6.07, 6.45) is 3.40. The zero-order valence-electron chi connectivity index (χ0n) is 16.1. The third kappa shape index (κ3) is 4.34. The maximum Gasteiger partial charge on any atom is 0.294 e. The van der Waals surface area contributed by atoms with Gasteiger partial charge in [-0.1, -0.05) is 0 Å². The summed E-state index contributed by atoms with van der Waals surface area (Å²) in [4.78, 5) is 14.9. The lowest BCUT2D eigenvalue weighted by atomic mass is 10.2. The van der Waals surface area contributed by atoms with Crippen LogP contribution in [0, 0.1) is 0 Å². The van der Waals surface area contributed by atoms with Crippen molar-refractivity contribution in [2.45, 2.75) is 17.7 Å². The highest BCUT2D eigenvalue weighted by Crippen LogP contribution is 2.33. The Morgan fingerprint density at radius 2 is 1.76 bits per heavy atom. The van der Waals surface area contributed by atoms with Crippen molar-refractivity contribution in [3.63, 3.8) is 0 Å². The number of hydrogen-bond donors (Lipinski definition) is 1. The molecule has 1 aromatic carbocycles. The second-order valence-corrected chi connectivity index (χ2v) is 8.98. The molecule has 0 aliphatic carbocycles. The molecular formula is C19H25N3O6S. The molecule has 1 amide bonds. The number of morpholine rings is 1. The van der Waals surface area contributed by atoms with Crippen molar-refractivity contribution in [1.29, 1.82) is 0 Å². The molecule has 2 saturated heterocycles. The van der Waals surface area contributed by atoms with E-state index in [1.807, 2.05) is 0 Å². The predicted molar refractivity (Wildman–Crippen MR) is 106 cm³/mol. The minimum Gasteiger partial charge on any atom is -0.494 e. The second kappa shape index (κ2) is 8.60. The SMILES string of the molecule is O=C(Nc1cc(S(=O)(=O)N2CCOCC2)ccc1N1CCCC1)C1=COCCO1. The average molecular weight is 423 g/mol. The first-order chi connectivity index (χ1) is 14.1. The van der Waals surface area contributed by atoms with Crippen molar-refractivity contribution < 1.29 is 27.4 Å². The maximum atomic E-state index is 13.0. The van der Waals surface area contributed by atoms with E-state index in [4.69, 9.17) is 14.2 Å². The molecule has 0 spiro atoms. The van der Waals surface area contributed by atoms with Gasteiger partial charge >= 0.3 is 0 Å². The number of sulfonamides is 1. The van der Waals surface area contributed by atoms with Gasteiger partial charge in [0.25, 0.3) is 5.91 Å². The molecule has 0 bridgehead atoms. The average Bonchev–Trinajstić information content (AvgIpc) is 3.29. The van der Waals surface area contributed by atoms with Crippen LogP contribution in [0.25, 0.3) is 0 Å². The van der Waals surface area contributed by atoms with Gasteiger partial charge in [-0.2, -0.15) is 4.31 Å². The van der Waals surface area contributed by atoms with Gasteiger partial charge in [0, 0.05) is 26.2 Å². The van der Waals surface area contributed by atoms with Crippen molar-refractivity contribution in [3.8, 4) is 0 Å². The third-order valence-corrected chi connectivity index (χ3v) is 7.04. The molecule has 1 N–H and O–H groups in total. The van der Waals surface area contributed by atoms with E-state index in [2.05, 4.69) is 10.2 Å². The monoisotopic (exact) mass is 423 g/mol. The molecule has 3 heterocycles. The van der Waals surface area contributed by atoms with Crippen molar-refractivity contribution in [2.24, 2.45) is 0 Å². The molecule has 10 heteroatoms. The summed E-state index contributed by atoms with van der Waals surface area (Å²) < 4.78 is 43.3. The Bertz CT molecular complexity index is 889. The number of anilines is 2. The molecule has 0 unspecified atom stereocenters. The van der Waals surface area contributed by atoms with Crippen molar-refractivity contribution in [2.75, 3.05) is 62.8 Å². The maximum absolute atomic E-state index is 13.0. The second-order valence-electron chi connectivity index (χ2n) is 7.05. The van der Waals surface area contributed by atoms with E-state index in [0.29, 0.717) is 45.2 Å². The van der Waals surface area contributed by atoms with Crippen LogP contribution in [0.4, 0.5) is 11.4 Å². The number of ether oxygens (including phenoxy) is 3. The van der Waals surface area contributed by atoms with Gasteiger partial charge in [-0.05, 0) is 31.0 Å². The molecule has 158 valence electrons. The minimum absolute atomic E-state index is 0.0741. The summed E-state index contributed by atoms with van der Waals surface area (Å²) in [6, 6.07) is 4.90. The molecule has 3 aliphatic heterocycles. The number of rotatable bonds is 5. The molecule has 4 rings (SSSR count). The molecular weight excluding hydrogens is 398 g/mol. The van der Waals surface area contributed by atoms with Crippen LogP contribution >= 0.6 is 0 Å². The van der Waals surface area contributed by atoms with Gasteiger partial charge in [-0.15, -0.1) is 0 Å². The number of nitrogens with zero attached hydrogens (tertiary/aromatic N) is 2. The molecule has 9 nitrogen and oxygen atoms in total. The number of nitrogens with one attached hydrogen (secondary N) is 1. The number of benzene rings is 1. The van der Waals surface area contributed by atoms with Gasteiger partial charge in [0.1, 0.15) is 19.5 Å². The molecule has 0 saturated carbocycles. The van der Waals surface area contributed by atoms with Crippen LogP contribution in [0.1, 0.15) is 12.8 Å². The first-order valence-corrected chi connectivity index (χ1v) is 11.2. The number of hydrogen-bond acceptors (Lipinski definition) is 7. The summed E-state index contributed by atoms with van der Waals surface area (Å²) in [5, 5.41) is 2.81. The Kier molecular flexibility index (Phi) is 5.93. The van der Waals surface area contributed by atoms with Gasteiger partial charge in [-0.3, -0.25) is 4.79 Å². The highest BCUT2D eigenvalue weighted by atomic mass is 32.2. The predicted octanol–water partition coefficient (Wildman–Crippen LogP) is 1.13. The smallest absolute Gasteiger partial charge is 0.294 e. The largest absolute Gasteiger partial charge is 0.494 e. The van der Waals surface area contributed by atoms with Crippen LogP contribution in [-0.2, 0) is 29.0 Å². The van der Waals surface area contributed by atoms with Crippen molar-refractivity contribution in [3.05, 3.63) is 30.2 Å². The van der Waals surface area contributed by atoms with Crippen molar-refractivity contribution in [1.82, 2.24) is 4.31 Å². The molecule has 0 aromatic heterocycles. The highest BCUT2D eigenvalue weighted by molar-refractivity contribution is 7.89. The molecule has 29 heavy (non-hydrogen) atoms. The van der Waals surface area contributed by atoms with Gasteiger partial charge in [0.2, 0.25) is 15.8 Å². The lowest BCUT2D eigenvalue weighted by molar-refractivity contribution is -0.117. The van der Waals surface area contributed by atoms with Gasteiger partial charge in [0.05, 0.1) is 29.5 Å². The highest BCUT2D eigenvalue weighted by Gasteiger charge is 2.28. The van der Waals surface area contributed by atoms with Crippen LogP contribution in [-0.4, -0.2) is 71.2 Å². The van der Waals surface area contributed by atoms with E-state index in [9.17, 15) is 13.2 Å². The quantitative estimate of drug-likeness (QED) is 0.758. The van der Waals surface area contributed by atoms with Crippen LogP contribution in [0.2, 0.25) is 0 Å². The summed E-state index contributed by atoms with van der Waals surface area (Å²) in [7, 11) is -3.67. The van der Waals surface area contributed by atoms with E-state index in [1.165, 1.54) is 16.6 Å². The Morgan fingerprint density at radius 3 is 2.45 bits per heavy atom. The lowest BCUT2D eigenvalue weighted by Gasteiger charge is -2.27. The van der Waals surface area contributed by atoms with Gasteiger partial charge in [-0.25, -0.2) is 8.42 Å². The zero-order chi connectivity index (χ0) is 20.3. The van der Waals surface area contributed by atoms with E-state index in [1.54, 1.807) is 12.1 Å². The van der Waals surface area contributed by atoms with Crippen LogP contribution < -0.4 is 10.2 Å². The van der Waals surface area contributed by atoms with Crippen LogP contribution in [0.3, 0.4) is 0 Å². The summed E-state index contributed by atoms with van der Waals surface area (Å²) in [5.41, 5.74) is 1.25. The molecule has 1 aromatic rings. The Balaban J connectivity index is 1.65. The van der Waals surface area contributed by atoms with Crippen LogP contribution in [0.15, 0.2) is 35.1 Å². The Morgan fingerprint density at radius 1 is 1.00 bits per heavy atom. The van der Waals surface area contributed by atoms with E-state index >= 15 is 0 Å². The lowest BCUT2D eigenvalue weighted by Crippen LogP contribution is -2.40. The fourth-order valence-electron chi connectivity index (χ4n) is 3.62. The topological polar surface area (TPSA) is 97.4 Å². The standard InChI is InChI=1S/C19H25N3O6S/c23-19(18-14-27-11-12-28-18)20-16-13-15(3-4-17(16)21-5-1-2-6-21)29(24,25)22-7-9-26-10-8-22/h3-4,13-14H,1-2,5-12H2,(H,20,23). The molecule has 2 fully saturated rings. The fraction of sp³-hybridized carbons (Fsp3) is 0.526. The normalized spacial score (nSPS) is 20.6. The molecule has 0 atom stereocenters. The molecule has 3 aliphatic rings. The van der Waals surface area contributed by atoms with Gasteiger partial charge < -0.3 is 24.4 Å². The molecule has 0 radical (unpaired) electrons. The van der Waals surface area contributed by atoms with E-state index < -0.39 is 15.9 Å². The van der Waals surface area contributed by atoms with E-state index in [0.717, 1.165) is 31.6 Å². The number of amides is 1. The Hall–Kier alpha value is -2.30. The summed E-state index contributed by atoms with van der Waals surface area (Å²) >= 11 is 0. The Labute approximate surface area is 170 Å². The third-order valence-electron chi connectivity index (χ3n) is 5.14. The number of carbonyl (C=O) groups is 1. The fourth-order valence-corrected chi connectivity index (χ4v) is 5.05. The first-order valence-electron chi connectivity index (χ1n) is 9.78. The van der Waals surface area contributed by atoms with E-state index in [-0.39, 0.29) is 10.7 Å². The van der Waals surface area contributed by atoms with Gasteiger partial charge in [0.15, 0.2) is 0 Å². The van der Waals surface area contributed by atoms with Crippen LogP contribution in [0.5, 0.6) is 0 Å². The summed E-state index contributed by atoms with van der Waals surface area (Å²) in [5.74, 6) is -0.392. The zero-order valence-corrected chi connectivity index (χ0v) is 16.9. The summed E-state index contributed by atoms with van der Waals surface area (Å²) in [6.45, 7) is 3.79. The first kappa shape index (κ1) is 20.0. The number of carbonyl (C=O) groups excluding carboxylic acids is 1. The van der Waals surface area contributed by atoms with Crippen molar-refractivity contribution >= 4 is 27.3 Å². The minimum atomic E-state index is -3.67.